The van der Waals surface area contributed by atoms with Crippen LogP contribution in [0.5, 0.6) is 5.75 Å². The fourth-order valence-electron chi connectivity index (χ4n) is 1.33. The summed E-state index contributed by atoms with van der Waals surface area (Å²) in [7, 11) is 1.67. The second-order valence-electron chi connectivity index (χ2n) is 2.74. The largest absolute Gasteiger partial charge is 0.494 e. The molecule has 0 N–H and O–H groups in total. The number of methoxy groups -OCH3 is 1. The molecule has 0 aliphatic carbocycles. The number of aromatic nitrogens is 2. The van der Waals surface area contributed by atoms with E-state index in [-0.39, 0.29) is 0 Å². The summed E-state index contributed by atoms with van der Waals surface area (Å²) in [4.78, 5) is 0. The molecule has 0 radical (unpaired) electrons. The van der Waals surface area contributed by atoms with Gasteiger partial charge in [0.05, 0.1) is 12.8 Å². The minimum absolute atomic E-state index is 0.861. The van der Waals surface area contributed by atoms with Crippen LogP contribution in [0, 0.1) is 13.8 Å². The predicted octanol–water partition coefficient (Wildman–Crippen LogP) is 1.66. The summed E-state index contributed by atoms with van der Waals surface area (Å²) >= 11 is 0. The summed E-state index contributed by atoms with van der Waals surface area (Å²) in [6, 6.07) is 0. The average Bonchev–Trinajstić information content (AvgIpc) is 2.08. The molecule has 0 aliphatic rings. The highest BCUT2D eigenvalue weighted by atomic mass is 16.5. The lowest BCUT2D eigenvalue weighted by Gasteiger charge is -2.09. The minimum atomic E-state index is 0.861. The summed E-state index contributed by atoms with van der Waals surface area (Å²) in [5, 5.41) is 8.01. The van der Waals surface area contributed by atoms with Gasteiger partial charge in [-0.05, 0) is 20.3 Å². The minimum Gasteiger partial charge on any atom is -0.494 e. The van der Waals surface area contributed by atoms with Crippen LogP contribution in [0.25, 0.3) is 0 Å². The number of nitrogens with zero attached hydrogens (tertiary/aromatic N) is 2. The molecule has 0 aromatic carbocycles. The average molecular weight is 166 g/mol. The lowest BCUT2D eigenvalue weighted by Crippen LogP contribution is -2.02. The van der Waals surface area contributed by atoms with Gasteiger partial charge in [-0.2, -0.15) is 10.2 Å². The molecule has 1 aromatic rings. The Labute approximate surface area is 72.8 Å². The molecule has 0 amide bonds. The maximum Gasteiger partial charge on any atom is 0.146 e. The van der Waals surface area contributed by atoms with Gasteiger partial charge in [-0.3, -0.25) is 0 Å². The summed E-state index contributed by atoms with van der Waals surface area (Å²) in [5.74, 6) is 0.880. The molecule has 0 aliphatic heterocycles. The number of ether oxygens (including phenoxy) is 1. The van der Waals surface area contributed by atoms with E-state index in [0.29, 0.717) is 0 Å². The smallest absolute Gasteiger partial charge is 0.146 e. The van der Waals surface area contributed by atoms with E-state index < -0.39 is 0 Å². The number of rotatable bonds is 2. The second-order valence-corrected chi connectivity index (χ2v) is 2.74. The van der Waals surface area contributed by atoms with E-state index in [9.17, 15) is 0 Å². The number of hydrogen-bond acceptors (Lipinski definition) is 3. The molecule has 66 valence electrons. The summed E-state index contributed by atoms with van der Waals surface area (Å²) < 4.78 is 5.25. The van der Waals surface area contributed by atoms with Gasteiger partial charge in [0.25, 0.3) is 0 Å². The molecule has 0 unspecified atom stereocenters. The van der Waals surface area contributed by atoms with Crippen molar-refractivity contribution in [3.63, 3.8) is 0 Å². The van der Waals surface area contributed by atoms with E-state index in [0.717, 1.165) is 29.1 Å². The van der Waals surface area contributed by atoms with E-state index in [4.69, 9.17) is 4.74 Å². The monoisotopic (exact) mass is 166 g/mol. The Bertz CT molecular complexity index is 255. The molecule has 3 heteroatoms. The van der Waals surface area contributed by atoms with Crippen LogP contribution in [0.1, 0.15) is 23.9 Å². The van der Waals surface area contributed by atoms with Crippen LogP contribution in [0.3, 0.4) is 0 Å². The lowest BCUT2D eigenvalue weighted by molar-refractivity contribution is 0.401. The van der Waals surface area contributed by atoms with E-state index in [2.05, 4.69) is 17.1 Å². The number of aryl methyl sites for hydroxylation is 2. The topological polar surface area (TPSA) is 35.0 Å². The highest BCUT2D eigenvalue weighted by Gasteiger charge is 2.09. The zero-order chi connectivity index (χ0) is 9.14. The third-order valence-corrected chi connectivity index (χ3v) is 1.95. The fraction of sp³-hybridized carbons (Fsp3) is 0.556. The first-order valence-electron chi connectivity index (χ1n) is 4.07. The van der Waals surface area contributed by atoms with Crippen LogP contribution in [-0.2, 0) is 6.42 Å². The van der Waals surface area contributed by atoms with Crippen LogP contribution in [-0.4, -0.2) is 17.3 Å². The molecule has 3 nitrogen and oxygen atoms in total. The first-order valence-corrected chi connectivity index (χ1v) is 4.07. The zero-order valence-corrected chi connectivity index (χ0v) is 8.01. The molecule has 12 heavy (non-hydrogen) atoms. The van der Waals surface area contributed by atoms with Crippen LogP contribution < -0.4 is 4.74 Å². The van der Waals surface area contributed by atoms with Crippen LogP contribution in [0.4, 0.5) is 0 Å². The zero-order valence-electron chi connectivity index (χ0n) is 8.01. The van der Waals surface area contributed by atoms with Crippen LogP contribution >= 0.6 is 0 Å². The van der Waals surface area contributed by atoms with E-state index >= 15 is 0 Å². The quantitative estimate of drug-likeness (QED) is 0.670. The maximum absolute atomic E-state index is 5.25. The molecule has 0 bridgehead atoms. The Morgan fingerprint density at radius 1 is 1.17 bits per heavy atom. The normalized spacial score (nSPS) is 10.0. The van der Waals surface area contributed by atoms with E-state index in [1.54, 1.807) is 7.11 Å². The Morgan fingerprint density at radius 3 is 2.17 bits per heavy atom. The summed E-state index contributed by atoms with van der Waals surface area (Å²) in [6.07, 6.45) is 0.936. The maximum atomic E-state index is 5.25. The molecule has 1 aromatic heterocycles. The van der Waals surface area contributed by atoms with Crippen molar-refractivity contribution in [2.24, 2.45) is 0 Å². The molecule has 0 saturated carbocycles. The highest BCUT2D eigenvalue weighted by molar-refractivity contribution is 5.38. The van der Waals surface area contributed by atoms with Gasteiger partial charge in [0, 0.05) is 5.56 Å². The Hall–Kier alpha value is -1.12. The van der Waals surface area contributed by atoms with Gasteiger partial charge in [-0.1, -0.05) is 6.92 Å². The van der Waals surface area contributed by atoms with Gasteiger partial charge in [0.1, 0.15) is 11.4 Å². The molecule has 0 atom stereocenters. The predicted molar refractivity (Wildman–Crippen MR) is 47.4 cm³/mol. The van der Waals surface area contributed by atoms with Crippen molar-refractivity contribution in [2.45, 2.75) is 27.2 Å². The van der Waals surface area contributed by atoms with Gasteiger partial charge in [-0.15, -0.1) is 0 Å². The lowest BCUT2D eigenvalue weighted by atomic mass is 10.1. The van der Waals surface area contributed by atoms with Gasteiger partial charge in [-0.25, -0.2) is 0 Å². The van der Waals surface area contributed by atoms with Gasteiger partial charge >= 0.3 is 0 Å². The second kappa shape index (κ2) is 3.52. The Kier molecular flexibility index (Phi) is 2.63. The Balaban J connectivity index is 3.28. The first kappa shape index (κ1) is 8.97. The fourth-order valence-corrected chi connectivity index (χ4v) is 1.33. The SMILES string of the molecule is CCc1c(C)nnc(C)c1OC. The summed E-state index contributed by atoms with van der Waals surface area (Å²) in [5.41, 5.74) is 2.98. The standard InChI is InChI=1S/C9H14N2O/c1-5-8-6(2)10-11-7(3)9(8)12-4/h5H2,1-4H3. The molecule has 1 rings (SSSR count). The summed E-state index contributed by atoms with van der Waals surface area (Å²) in [6.45, 7) is 5.95. The van der Waals surface area contributed by atoms with Crippen LogP contribution in [0.2, 0.25) is 0 Å². The van der Waals surface area contributed by atoms with Crippen molar-refractivity contribution in [3.05, 3.63) is 17.0 Å². The molecular weight excluding hydrogens is 152 g/mol. The molecule has 1 heterocycles. The first-order chi connectivity index (χ1) is 5.70. The third kappa shape index (κ3) is 1.40. The van der Waals surface area contributed by atoms with Crippen molar-refractivity contribution in [1.82, 2.24) is 10.2 Å². The molecular formula is C9H14N2O. The number of hydrogen-bond donors (Lipinski definition) is 0. The third-order valence-electron chi connectivity index (χ3n) is 1.95. The van der Waals surface area contributed by atoms with Gasteiger partial charge in [0.15, 0.2) is 0 Å². The van der Waals surface area contributed by atoms with Crippen molar-refractivity contribution < 1.29 is 4.74 Å². The van der Waals surface area contributed by atoms with Crippen molar-refractivity contribution in [3.8, 4) is 5.75 Å². The van der Waals surface area contributed by atoms with Gasteiger partial charge < -0.3 is 4.74 Å². The van der Waals surface area contributed by atoms with Gasteiger partial charge in [0.2, 0.25) is 0 Å². The molecule has 0 fully saturated rings. The van der Waals surface area contributed by atoms with Crippen molar-refractivity contribution in [2.75, 3.05) is 7.11 Å². The van der Waals surface area contributed by atoms with E-state index in [1.165, 1.54) is 0 Å². The molecule has 0 saturated heterocycles. The highest BCUT2D eigenvalue weighted by Crippen LogP contribution is 2.22. The van der Waals surface area contributed by atoms with Crippen molar-refractivity contribution >= 4 is 0 Å². The Morgan fingerprint density at radius 2 is 1.75 bits per heavy atom. The molecule has 0 spiro atoms. The van der Waals surface area contributed by atoms with E-state index in [1.807, 2.05) is 13.8 Å². The van der Waals surface area contributed by atoms with Crippen molar-refractivity contribution in [1.29, 1.82) is 0 Å². The van der Waals surface area contributed by atoms with Crippen LogP contribution in [0.15, 0.2) is 0 Å².